The van der Waals surface area contributed by atoms with Crippen LogP contribution >= 0.6 is 0 Å². The van der Waals surface area contributed by atoms with Crippen LogP contribution in [0.15, 0.2) is 12.3 Å². The molecule has 4 heteroatoms. The largest absolute Gasteiger partial charge is 0.477 e. The first kappa shape index (κ1) is 12.9. The topological polar surface area (TPSA) is 44.2 Å². The third-order valence-electron chi connectivity index (χ3n) is 2.22. The summed E-state index contributed by atoms with van der Waals surface area (Å²) < 4.78 is 10.7. The second-order valence-electron chi connectivity index (χ2n) is 4.03. The van der Waals surface area contributed by atoms with Crippen molar-refractivity contribution in [1.29, 1.82) is 0 Å². The first-order valence-electron chi connectivity index (χ1n) is 5.68. The van der Waals surface area contributed by atoms with Crippen molar-refractivity contribution >= 4 is 0 Å². The molecule has 90 valence electrons. The number of aromatic nitrogens is 2. The maximum Gasteiger partial charge on any atom is 0.216 e. The van der Waals surface area contributed by atoms with Gasteiger partial charge in [0.15, 0.2) is 0 Å². The second-order valence-corrected chi connectivity index (χ2v) is 4.03. The van der Waals surface area contributed by atoms with Crippen molar-refractivity contribution in [3.63, 3.8) is 0 Å². The molecular formula is C12H20N2O2. The van der Waals surface area contributed by atoms with Gasteiger partial charge in [0.2, 0.25) is 5.88 Å². The van der Waals surface area contributed by atoms with Crippen molar-refractivity contribution in [2.75, 3.05) is 19.8 Å². The van der Waals surface area contributed by atoms with Crippen LogP contribution in [0.5, 0.6) is 5.88 Å². The van der Waals surface area contributed by atoms with Crippen LogP contribution < -0.4 is 4.74 Å². The van der Waals surface area contributed by atoms with Gasteiger partial charge in [-0.3, -0.25) is 0 Å². The van der Waals surface area contributed by atoms with Crippen molar-refractivity contribution in [3.05, 3.63) is 18.1 Å². The van der Waals surface area contributed by atoms with E-state index in [1.54, 1.807) is 12.3 Å². The predicted molar refractivity (Wildman–Crippen MR) is 62.5 cm³/mol. The molecule has 0 aromatic carbocycles. The van der Waals surface area contributed by atoms with Crippen LogP contribution in [0.1, 0.15) is 26.6 Å². The van der Waals surface area contributed by atoms with Crippen LogP contribution in [-0.4, -0.2) is 29.8 Å². The Hall–Kier alpha value is -1.16. The Morgan fingerprint density at radius 1 is 1.44 bits per heavy atom. The minimum Gasteiger partial charge on any atom is -0.477 e. The van der Waals surface area contributed by atoms with Crippen LogP contribution in [0, 0.1) is 12.3 Å². The highest BCUT2D eigenvalue weighted by Gasteiger charge is 2.34. The highest BCUT2D eigenvalue weighted by atomic mass is 16.5. The quantitative estimate of drug-likeness (QED) is 0.789. The molecule has 0 radical (unpaired) electrons. The van der Waals surface area contributed by atoms with Gasteiger partial charge in [0.05, 0.1) is 19.8 Å². The van der Waals surface area contributed by atoms with E-state index in [0.717, 1.165) is 19.0 Å². The average molecular weight is 224 g/mol. The molecule has 0 bridgehead atoms. The van der Waals surface area contributed by atoms with Gasteiger partial charge in [-0.05, 0) is 6.92 Å². The minimum atomic E-state index is 0.166. The molecule has 0 aliphatic carbocycles. The highest BCUT2D eigenvalue weighted by Crippen LogP contribution is 2.26. The normalized spacial score (nSPS) is 16.8. The molecule has 1 aromatic rings. The zero-order valence-electron chi connectivity index (χ0n) is 10.5. The molecule has 2 rings (SSSR count). The molecule has 0 spiro atoms. The molecule has 0 saturated carbocycles. The maximum atomic E-state index is 5.56. The summed E-state index contributed by atoms with van der Waals surface area (Å²) in [6.45, 7) is 10.2. The monoisotopic (exact) mass is 224 g/mol. The van der Waals surface area contributed by atoms with Crippen LogP contribution in [0.2, 0.25) is 0 Å². The standard InChI is InChI=1S/C10H14N2O2.C2H6/c1-8-11-4-3-9(12-8)14-7-10(2)5-13-6-10;1-2/h3-4H,5-7H2,1-2H3;1-2H3. The molecule has 0 unspecified atom stereocenters. The van der Waals surface area contributed by atoms with Gasteiger partial charge < -0.3 is 9.47 Å². The molecule has 4 nitrogen and oxygen atoms in total. The van der Waals surface area contributed by atoms with Crippen LogP contribution in [0.3, 0.4) is 0 Å². The first-order chi connectivity index (χ1) is 7.68. The van der Waals surface area contributed by atoms with E-state index in [4.69, 9.17) is 9.47 Å². The summed E-state index contributed by atoms with van der Waals surface area (Å²) >= 11 is 0. The zero-order valence-corrected chi connectivity index (χ0v) is 10.5. The van der Waals surface area contributed by atoms with Gasteiger partial charge in [-0.25, -0.2) is 4.98 Å². The van der Waals surface area contributed by atoms with E-state index >= 15 is 0 Å². The molecule has 1 fully saturated rings. The third-order valence-corrected chi connectivity index (χ3v) is 2.22. The van der Waals surface area contributed by atoms with E-state index in [0.29, 0.717) is 12.5 Å². The molecule has 1 aliphatic rings. The smallest absolute Gasteiger partial charge is 0.216 e. The van der Waals surface area contributed by atoms with E-state index in [9.17, 15) is 0 Å². The molecule has 0 atom stereocenters. The van der Waals surface area contributed by atoms with E-state index < -0.39 is 0 Å². The van der Waals surface area contributed by atoms with Crippen molar-refractivity contribution < 1.29 is 9.47 Å². The van der Waals surface area contributed by atoms with Gasteiger partial charge in [0.1, 0.15) is 5.82 Å². The minimum absolute atomic E-state index is 0.166. The maximum absolute atomic E-state index is 5.56. The van der Waals surface area contributed by atoms with E-state index in [-0.39, 0.29) is 5.41 Å². The lowest BCUT2D eigenvalue weighted by atomic mass is 9.90. The average Bonchev–Trinajstić information content (AvgIpc) is 2.27. The van der Waals surface area contributed by atoms with Gasteiger partial charge in [-0.2, -0.15) is 4.98 Å². The van der Waals surface area contributed by atoms with E-state index in [2.05, 4.69) is 16.9 Å². The number of hydrogen-bond acceptors (Lipinski definition) is 4. The summed E-state index contributed by atoms with van der Waals surface area (Å²) in [7, 11) is 0. The number of rotatable bonds is 3. The van der Waals surface area contributed by atoms with Crippen molar-refractivity contribution in [2.45, 2.75) is 27.7 Å². The van der Waals surface area contributed by atoms with E-state index in [1.165, 1.54) is 0 Å². The Labute approximate surface area is 97.0 Å². The summed E-state index contributed by atoms with van der Waals surface area (Å²) in [6, 6.07) is 1.77. The molecule has 0 amide bonds. The number of aryl methyl sites for hydroxylation is 1. The van der Waals surface area contributed by atoms with Gasteiger partial charge in [-0.1, -0.05) is 20.8 Å². The molecule has 1 saturated heterocycles. The Kier molecular flexibility index (Phi) is 4.68. The predicted octanol–water partition coefficient (Wildman–Crippen LogP) is 2.23. The van der Waals surface area contributed by atoms with Gasteiger partial charge in [-0.15, -0.1) is 0 Å². The molecule has 1 aliphatic heterocycles. The van der Waals surface area contributed by atoms with Crippen molar-refractivity contribution in [2.24, 2.45) is 5.41 Å². The van der Waals surface area contributed by atoms with Gasteiger partial charge in [0, 0.05) is 17.7 Å². The SMILES string of the molecule is CC.Cc1nccc(OCC2(C)COC2)n1. The lowest BCUT2D eigenvalue weighted by Gasteiger charge is -2.37. The summed E-state index contributed by atoms with van der Waals surface area (Å²) in [4.78, 5) is 8.16. The Bertz CT molecular complexity index is 325. The third kappa shape index (κ3) is 3.45. The molecule has 16 heavy (non-hydrogen) atoms. The molecular weight excluding hydrogens is 204 g/mol. The van der Waals surface area contributed by atoms with Gasteiger partial charge >= 0.3 is 0 Å². The Morgan fingerprint density at radius 2 is 2.12 bits per heavy atom. The van der Waals surface area contributed by atoms with Crippen molar-refractivity contribution in [1.82, 2.24) is 9.97 Å². The number of nitrogens with zero attached hydrogens (tertiary/aromatic N) is 2. The lowest BCUT2D eigenvalue weighted by molar-refractivity contribution is -0.120. The summed E-state index contributed by atoms with van der Waals surface area (Å²) in [5.41, 5.74) is 0.166. The molecule has 2 heterocycles. The van der Waals surface area contributed by atoms with E-state index in [1.807, 2.05) is 20.8 Å². The summed E-state index contributed by atoms with van der Waals surface area (Å²) in [5, 5.41) is 0. The second kappa shape index (κ2) is 5.80. The summed E-state index contributed by atoms with van der Waals surface area (Å²) in [6.07, 6.45) is 1.71. The number of hydrogen-bond donors (Lipinski definition) is 0. The Morgan fingerprint density at radius 3 is 2.62 bits per heavy atom. The molecule has 0 N–H and O–H groups in total. The first-order valence-corrected chi connectivity index (χ1v) is 5.68. The zero-order chi connectivity index (χ0) is 12.0. The fourth-order valence-electron chi connectivity index (χ4n) is 1.30. The number of ether oxygens (including phenoxy) is 2. The summed E-state index contributed by atoms with van der Waals surface area (Å²) in [5.74, 6) is 1.38. The fourth-order valence-corrected chi connectivity index (χ4v) is 1.30. The van der Waals surface area contributed by atoms with Crippen molar-refractivity contribution in [3.8, 4) is 5.88 Å². The molecule has 1 aromatic heterocycles. The van der Waals surface area contributed by atoms with Crippen LogP contribution in [0.25, 0.3) is 0 Å². The fraction of sp³-hybridized carbons (Fsp3) is 0.667. The van der Waals surface area contributed by atoms with Crippen LogP contribution in [-0.2, 0) is 4.74 Å². The lowest BCUT2D eigenvalue weighted by Crippen LogP contribution is -2.44. The van der Waals surface area contributed by atoms with Crippen LogP contribution in [0.4, 0.5) is 0 Å². The van der Waals surface area contributed by atoms with Gasteiger partial charge in [0.25, 0.3) is 0 Å². The Balaban J connectivity index is 0.000000606. The highest BCUT2D eigenvalue weighted by molar-refractivity contribution is 5.08.